The number of nitrogens with zero attached hydrogens (tertiary/aromatic N) is 1. The number of imide groups is 1. The Morgan fingerprint density at radius 3 is 2.64 bits per heavy atom. The zero-order valence-corrected chi connectivity index (χ0v) is 18.2. The van der Waals surface area contributed by atoms with E-state index in [-0.39, 0.29) is 41.5 Å². The van der Waals surface area contributed by atoms with Crippen LogP contribution in [0.4, 0.5) is 18.0 Å². The fourth-order valence-corrected chi connectivity index (χ4v) is 3.86. The number of amides is 3. The molecule has 7 nitrogen and oxygen atoms in total. The van der Waals surface area contributed by atoms with Crippen molar-refractivity contribution in [2.24, 2.45) is 0 Å². The Morgan fingerprint density at radius 1 is 1.18 bits per heavy atom. The van der Waals surface area contributed by atoms with E-state index in [1.807, 2.05) is 0 Å². The summed E-state index contributed by atoms with van der Waals surface area (Å²) in [6.07, 6.45) is 1.26. The van der Waals surface area contributed by atoms with E-state index < -0.39 is 29.5 Å². The molecule has 1 fully saturated rings. The van der Waals surface area contributed by atoms with Gasteiger partial charge in [0.1, 0.15) is 5.82 Å². The van der Waals surface area contributed by atoms with Gasteiger partial charge in [0, 0.05) is 13.1 Å². The van der Waals surface area contributed by atoms with Crippen LogP contribution in [0, 0.1) is 5.82 Å². The topological polar surface area (TPSA) is 84.9 Å². The summed E-state index contributed by atoms with van der Waals surface area (Å²) in [7, 11) is 1.28. The standard InChI is InChI=1S/C22H19F3N2O5S/c1-31-17-10-13(6-7-16(17)32-21(24)25)11-18-20(29)27(22(30)33-18)9-8-26-19(28)12-14-4-2-3-5-15(14)23/h2-7,10-11,21H,8-9,12H2,1H3,(H,26,28)/b18-11-. The molecule has 0 unspecified atom stereocenters. The van der Waals surface area contributed by atoms with Gasteiger partial charge in [-0.25, -0.2) is 4.39 Å². The zero-order chi connectivity index (χ0) is 24.0. The van der Waals surface area contributed by atoms with E-state index in [1.54, 1.807) is 6.07 Å². The lowest BCUT2D eigenvalue weighted by Crippen LogP contribution is -2.37. The van der Waals surface area contributed by atoms with Crippen LogP contribution in [-0.4, -0.2) is 48.8 Å². The minimum absolute atomic E-state index is 0.00604. The summed E-state index contributed by atoms with van der Waals surface area (Å²) in [6.45, 7) is -3.07. The van der Waals surface area contributed by atoms with Gasteiger partial charge in [0.15, 0.2) is 11.5 Å². The summed E-state index contributed by atoms with van der Waals surface area (Å²) in [5.41, 5.74) is 0.682. The number of ether oxygens (including phenoxy) is 2. The quantitative estimate of drug-likeness (QED) is 0.550. The number of carbonyl (C=O) groups is 3. The molecule has 174 valence electrons. The molecular formula is C22H19F3N2O5S. The molecule has 0 atom stereocenters. The largest absolute Gasteiger partial charge is 0.493 e. The monoisotopic (exact) mass is 480 g/mol. The molecular weight excluding hydrogens is 461 g/mol. The predicted octanol–water partition coefficient (Wildman–Crippen LogP) is 3.83. The van der Waals surface area contributed by atoms with Gasteiger partial charge in [0.2, 0.25) is 5.91 Å². The van der Waals surface area contributed by atoms with Gasteiger partial charge in [-0.15, -0.1) is 0 Å². The van der Waals surface area contributed by atoms with Gasteiger partial charge in [0.25, 0.3) is 11.1 Å². The Morgan fingerprint density at radius 2 is 1.94 bits per heavy atom. The molecule has 1 saturated heterocycles. The second-order valence-corrected chi connectivity index (χ2v) is 7.73. The maximum absolute atomic E-state index is 13.6. The Bertz CT molecular complexity index is 1090. The summed E-state index contributed by atoms with van der Waals surface area (Å²) < 4.78 is 47.9. The molecule has 11 heteroatoms. The molecule has 3 rings (SSSR count). The molecule has 1 aliphatic rings. The molecule has 0 bridgehead atoms. The minimum Gasteiger partial charge on any atom is -0.493 e. The average Bonchev–Trinajstić information content (AvgIpc) is 3.03. The first-order valence-corrected chi connectivity index (χ1v) is 10.5. The third kappa shape index (κ3) is 6.28. The van der Waals surface area contributed by atoms with Gasteiger partial charge in [-0.3, -0.25) is 19.3 Å². The number of hydrogen-bond donors (Lipinski definition) is 1. The van der Waals surface area contributed by atoms with Crippen LogP contribution in [0.5, 0.6) is 11.5 Å². The normalized spacial score (nSPS) is 14.8. The number of thioether (sulfide) groups is 1. The highest BCUT2D eigenvalue weighted by molar-refractivity contribution is 8.18. The molecule has 0 saturated carbocycles. The minimum atomic E-state index is -3.02. The van der Waals surface area contributed by atoms with Crippen molar-refractivity contribution < 1.29 is 37.0 Å². The van der Waals surface area contributed by atoms with E-state index >= 15 is 0 Å². The Labute approximate surface area is 191 Å². The van der Waals surface area contributed by atoms with Crippen molar-refractivity contribution in [3.63, 3.8) is 0 Å². The SMILES string of the molecule is COc1cc(/C=C2\SC(=O)N(CCNC(=O)Cc3ccccc3F)C2=O)ccc1OC(F)F. The van der Waals surface area contributed by atoms with E-state index in [9.17, 15) is 27.6 Å². The Kier molecular flexibility index (Phi) is 7.99. The second-order valence-electron chi connectivity index (χ2n) is 6.74. The van der Waals surface area contributed by atoms with Gasteiger partial charge in [-0.05, 0) is 47.2 Å². The van der Waals surface area contributed by atoms with Crippen LogP contribution < -0.4 is 14.8 Å². The maximum Gasteiger partial charge on any atom is 0.387 e. The van der Waals surface area contributed by atoms with Crippen LogP contribution in [-0.2, 0) is 16.0 Å². The van der Waals surface area contributed by atoms with Gasteiger partial charge < -0.3 is 14.8 Å². The number of alkyl halides is 2. The van der Waals surface area contributed by atoms with Gasteiger partial charge >= 0.3 is 6.61 Å². The van der Waals surface area contributed by atoms with E-state index in [2.05, 4.69) is 10.1 Å². The van der Waals surface area contributed by atoms with Crippen LogP contribution in [0.2, 0.25) is 0 Å². The summed E-state index contributed by atoms with van der Waals surface area (Å²) in [4.78, 5) is 37.9. The molecule has 33 heavy (non-hydrogen) atoms. The fourth-order valence-electron chi connectivity index (χ4n) is 3.00. The van der Waals surface area contributed by atoms with Crippen molar-refractivity contribution in [2.45, 2.75) is 13.0 Å². The van der Waals surface area contributed by atoms with Crippen LogP contribution in [0.1, 0.15) is 11.1 Å². The van der Waals surface area contributed by atoms with Gasteiger partial charge in [-0.2, -0.15) is 8.78 Å². The molecule has 0 radical (unpaired) electrons. The van der Waals surface area contributed by atoms with Crippen LogP contribution in [0.3, 0.4) is 0 Å². The first kappa shape index (κ1) is 24.2. The van der Waals surface area contributed by atoms with Crippen molar-refractivity contribution in [1.82, 2.24) is 10.2 Å². The van der Waals surface area contributed by atoms with Crippen molar-refractivity contribution in [3.8, 4) is 11.5 Å². The molecule has 1 N–H and O–H groups in total. The first-order chi connectivity index (χ1) is 15.8. The predicted molar refractivity (Wildman–Crippen MR) is 115 cm³/mol. The smallest absolute Gasteiger partial charge is 0.387 e. The summed E-state index contributed by atoms with van der Waals surface area (Å²) >= 11 is 0.713. The molecule has 2 aromatic carbocycles. The summed E-state index contributed by atoms with van der Waals surface area (Å²) in [5.74, 6) is -1.61. The number of halogens is 3. The van der Waals surface area contributed by atoms with Gasteiger partial charge in [-0.1, -0.05) is 24.3 Å². The average molecular weight is 480 g/mol. The van der Waals surface area contributed by atoms with Crippen molar-refractivity contribution in [3.05, 3.63) is 64.3 Å². The molecule has 3 amide bonds. The first-order valence-electron chi connectivity index (χ1n) is 9.67. The van der Waals surface area contributed by atoms with Gasteiger partial charge in [0.05, 0.1) is 18.4 Å². The molecule has 1 heterocycles. The second kappa shape index (κ2) is 10.9. The summed E-state index contributed by atoms with van der Waals surface area (Å²) in [5, 5.41) is 2.04. The molecule has 0 aromatic heterocycles. The zero-order valence-electron chi connectivity index (χ0n) is 17.3. The van der Waals surface area contributed by atoms with Crippen molar-refractivity contribution in [1.29, 1.82) is 0 Å². The molecule has 0 aliphatic carbocycles. The third-order valence-corrected chi connectivity index (χ3v) is 5.45. The third-order valence-electron chi connectivity index (χ3n) is 4.54. The van der Waals surface area contributed by atoms with E-state index in [4.69, 9.17) is 4.74 Å². The van der Waals surface area contributed by atoms with Crippen LogP contribution in [0.25, 0.3) is 6.08 Å². The maximum atomic E-state index is 13.6. The van der Waals surface area contributed by atoms with Crippen LogP contribution >= 0.6 is 11.8 Å². The lowest BCUT2D eigenvalue weighted by atomic mass is 10.1. The number of carbonyl (C=O) groups excluding carboxylic acids is 3. The number of methoxy groups -OCH3 is 1. The lowest BCUT2D eigenvalue weighted by Gasteiger charge is -2.13. The van der Waals surface area contributed by atoms with E-state index in [0.717, 1.165) is 4.90 Å². The highest BCUT2D eigenvalue weighted by Gasteiger charge is 2.34. The Hall–Kier alpha value is -3.47. The number of benzene rings is 2. The fraction of sp³-hybridized carbons (Fsp3) is 0.227. The number of rotatable bonds is 9. The van der Waals surface area contributed by atoms with Crippen LogP contribution in [0.15, 0.2) is 47.4 Å². The van der Waals surface area contributed by atoms with Crippen molar-refractivity contribution >= 4 is 34.9 Å². The number of hydrogen-bond acceptors (Lipinski definition) is 6. The highest BCUT2D eigenvalue weighted by atomic mass is 32.2. The summed E-state index contributed by atoms with van der Waals surface area (Å²) in [6, 6.07) is 10.00. The molecule has 2 aromatic rings. The molecule has 0 spiro atoms. The van der Waals surface area contributed by atoms with E-state index in [0.29, 0.717) is 17.3 Å². The highest BCUT2D eigenvalue weighted by Crippen LogP contribution is 2.34. The Balaban J connectivity index is 1.59. The number of nitrogens with one attached hydrogen (secondary N) is 1. The van der Waals surface area contributed by atoms with E-state index in [1.165, 1.54) is 49.6 Å². The van der Waals surface area contributed by atoms with Crippen molar-refractivity contribution in [2.75, 3.05) is 20.2 Å². The molecule has 1 aliphatic heterocycles. The lowest BCUT2D eigenvalue weighted by molar-refractivity contribution is -0.124.